The van der Waals surface area contributed by atoms with Crippen LogP contribution in [0.1, 0.15) is 19.4 Å². The van der Waals surface area contributed by atoms with Gasteiger partial charge in [-0.1, -0.05) is 12.1 Å². The fraction of sp³-hybridized carbons (Fsp3) is 0.300. The fourth-order valence-corrected chi connectivity index (χ4v) is 4.52. The molecular formula is C20H24N4O2S. The van der Waals surface area contributed by atoms with E-state index in [2.05, 4.69) is 14.3 Å². The van der Waals surface area contributed by atoms with Crippen LogP contribution in [0.25, 0.3) is 10.9 Å². The second-order valence-corrected chi connectivity index (χ2v) is 8.97. The first-order valence-electron chi connectivity index (χ1n) is 8.65. The monoisotopic (exact) mass is 384 g/mol. The molecule has 0 saturated carbocycles. The van der Waals surface area contributed by atoms with Gasteiger partial charge in [-0.05, 0) is 53.3 Å². The summed E-state index contributed by atoms with van der Waals surface area (Å²) in [5, 5.41) is 0.853. The summed E-state index contributed by atoms with van der Waals surface area (Å²) in [6.45, 7) is 4.41. The van der Waals surface area contributed by atoms with Crippen molar-refractivity contribution >= 4 is 20.5 Å². The van der Waals surface area contributed by atoms with E-state index < -0.39 is 9.62 Å². The lowest BCUT2D eigenvalue weighted by molar-refractivity contribution is 0.309. The Labute approximate surface area is 160 Å². The van der Waals surface area contributed by atoms with Crippen LogP contribution in [0.3, 0.4) is 0 Å². The quantitative estimate of drug-likeness (QED) is 0.667. The Kier molecular flexibility index (Phi) is 5.60. The van der Waals surface area contributed by atoms with Crippen molar-refractivity contribution < 1.29 is 9.47 Å². The largest absolute Gasteiger partial charge is 0.488 e. The zero-order valence-corrected chi connectivity index (χ0v) is 16.8. The van der Waals surface area contributed by atoms with Crippen LogP contribution < -0.4 is 9.47 Å². The Balaban J connectivity index is 1.87. The average molecular weight is 385 g/mol. The van der Waals surface area contributed by atoms with E-state index in [4.69, 9.17) is 14.3 Å². The van der Waals surface area contributed by atoms with Crippen molar-refractivity contribution in [3.05, 3.63) is 54.4 Å². The Bertz CT molecular complexity index is 1070. The highest BCUT2D eigenvalue weighted by Crippen LogP contribution is 2.29. The smallest absolute Gasteiger partial charge is 0.240 e. The van der Waals surface area contributed by atoms with E-state index >= 15 is 0 Å². The standard InChI is InChI=1S/C20H24N4O2S/c1-14(2)24-27(4,21)16-7-5-6-15(12-16)13-26-18-9-11-22-19-17(18)8-10-23-20(19)25-3/h5-12,14,21H,13H2,1-4H3. The molecule has 1 atom stereocenters. The number of ether oxygens (including phenoxy) is 2. The first kappa shape index (κ1) is 19.1. The van der Waals surface area contributed by atoms with Crippen molar-refractivity contribution in [1.29, 1.82) is 4.78 Å². The molecule has 27 heavy (non-hydrogen) atoms. The number of hydrogen-bond donors (Lipinski definition) is 1. The molecule has 1 unspecified atom stereocenters. The summed E-state index contributed by atoms with van der Waals surface area (Å²) in [6.07, 6.45) is 5.26. The van der Waals surface area contributed by atoms with Gasteiger partial charge in [-0.15, -0.1) is 0 Å². The molecule has 2 aromatic heterocycles. The topological polar surface area (TPSA) is 80.5 Å². The highest BCUT2D eigenvalue weighted by molar-refractivity contribution is 7.94. The van der Waals surface area contributed by atoms with Crippen LogP contribution in [0.15, 0.2) is 58.1 Å². The maximum Gasteiger partial charge on any atom is 0.240 e. The van der Waals surface area contributed by atoms with Gasteiger partial charge in [0.1, 0.15) is 17.9 Å². The fourth-order valence-electron chi connectivity index (χ4n) is 2.83. The van der Waals surface area contributed by atoms with Gasteiger partial charge in [-0.3, -0.25) is 9.76 Å². The molecule has 0 amide bonds. The number of nitrogens with one attached hydrogen (secondary N) is 1. The molecule has 0 fully saturated rings. The number of aromatic nitrogens is 2. The van der Waals surface area contributed by atoms with Crippen LogP contribution in [0.2, 0.25) is 0 Å². The van der Waals surface area contributed by atoms with E-state index in [-0.39, 0.29) is 6.04 Å². The lowest BCUT2D eigenvalue weighted by atomic mass is 10.2. The molecule has 3 aromatic rings. The molecule has 0 spiro atoms. The van der Waals surface area contributed by atoms with Crippen LogP contribution in [0.5, 0.6) is 11.6 Å². The zero-order valence-electron chi connectivity index (χ0n) is 16.0. The van der Waals surface area contributed by atoms with Crippen LogP contribution in [-0.4, -0.2) is 29.4 Å². The third kappa shape index (κ3) is 4.36. The van der Waals surface area contributed by atoms with E-state index in [1.54, 1.807) is 19.5 Å². The van der Waals surface area contributed by atoms with Gasteiger partial charge in [0.15, 0.2) is 0 Å². The normalized spacial score (nSPS) is 13.4. The SMILES string of the molecule is COc1nccc2c(OCc3cccc(S(C)(=N)=NC(C)C)c3)ccnc12. The van der Waals surface area contributed by atoms with Crippen molar-refractivity contribution in [2.24, 2.45) is 4.36 Å². The molecule has 0 bridgehead atoms. The lowest BCUT2D eigenvalue weighted by Gasteiger charge is -2.13. The molecule has 2 heterocycles. The maximum absolute atomic E-state index is 8.59. The minimum absolute atomic E-state index is 0.133. The summed E-state index contributed by atoms with van der Waals surface area (Å²) in [7, 11) is -0.350. The molecule has 0 aliphatic heterocycles. The van der Waals surface area contributed by atoms with Gasteiger partial charge >= 0.3 is 0 Å². The summed E-state index contributed by atoms with van der Waals surface area (Å²) < 4.78 is 24.5. The van der Waals surface area contributed by atoms with Crippen LogP contribution in [0, 0.1) is 4.78 Å². The molecule has 1 aromatic carbocycles. The number of hydrogen-bond acceptors (Lipinski definition) is 6. The second-order valence-electron chi connectivity index (χ2n) is 6.54. The summed E-state index contributed by atoms with van der Waals surface area (Å²) >= 11 is 0. The number of benzene rings is 1. The third-order valence-corrected chi connectivity index (χ3v) is 5.97. The van der Waals surface area contributed by atoms with E-state index in [0.717, 1.165) is 21.6 Å². The molecule has 142 valence electrons. The second kappa shape index (κ2) is 7.92. The molecule has 0 radical (unpaired) electrons. The Hall–Kier alpha value is -2.67. The highest BCUT2D eigenvalue weighted by Gasteiger charge is 2.10. The molecule has 0 saturated heterocycles. The minimum Gasteiger partial charge on any atom is -0.488 e. The van der Waals surface area contributed by atoms with Crippen molar-refractivity contribution in [3.63, 3.8) is 0 Å². The zero-order chi connectivity index (χ0) is 19.4. The molecule has 1 N–H and O–H groups in total. The Morgan fingerprint density at radius 3 is 2.67 bits per heavy atom. The number of rotatable bonds is 6. The molecule has 0 aliphatic carbocycles. The maximum atomic E-state index is 8.59. The average Bonchev–Trinajstić information content (AvgIpc) is 2.65. The predicted molar refractivity (Wildman–Crippen MR) is 109 cm³/mol. The van der Waals surface area contributed by atoms with Gasteiger partial charge in [-0.25, -0.2) is 9.35 Å². The molecule has 7 heteroatoms. The van der Waals surface area contributed by atoms with Crippen molar-refractivity contribution in [2.45, 2.75) is 31.4 Å². The number of methoxy groups -OCH3 is 1. The Morgan fingerprint density at radius 2 is 1.93 bits per heavy atom. The van der Waals surface area contributed by atoms with Crippen molar-refractivity contribution in [2.75, 3.05) is 13.4 Å². The van der Waals surface area contributed by atoms with E-state index in [9.17, 15) is 0 Å². The summed E-state index contributed by atoms with van der Waals surface area (Å²) in [5.74, 6) is 1.20. The first-order chi connectivity index (χ1) is 12.9. The van der Waals surface area contributed by atoms with Crippen LogP contribution >= 0.6 is 0 Å². The van der Waals surface area contributed by atoms with Crippen LogP contribution in [-0.2, 0) is 16.2 Å². The Morgan fingerprint density at radius 1 is 1.15 bits per heavy atom. The van der Waals surface area contributed by atoms with Crippen molar-refractivity contribution in [3.8, 4) is 11.6 Å². The lowest BCUT2D eigenvalue weighted by Crippen LogP contribution is -2.03. The van der Waals surface area contributed by atoms with E-state index in [1.165, 1.54) is 0 Å². The van der Waals surface area contributed by atoms with Crippen molar-refractivity contribution in [1.82, 2.24) is 9.97 Å². The molecule has 3 rings (SSSR count). The van der Waals surface area contributed by atoms with Gasteiger partial charge in [-0.2, -0.15) is 0 Å². The number of fused-ring (bicyclic) bond motifs is 1. The number of pyridine rings is 2. The first-order valence-corrected chi connectivity index (χ1v) is 10.6. The third-order valence-electron chi connectivity index (χ3n) is 3.95. The van der Waals surface area contributed by atoms with E-state index in [0.29, 0.717) is 18.0 Å². The highest BCUT2D eigenvalue weighted by atomic mass is 32.2. The summed E-state index contributed by atoms with van der Waals surface area (Å²) in [6, 6.07) is 11.8. The predicted octanol–water partition coefficient (Wildman–Crippen LogP) is 4.71. The molecule has 6 nitrogen and oxygen atoms in total. The van der Waals surface area contributed by atoms with E-state index in [1.807, 2.05) is 56.5 Å². The van der Waals surface area contributed by atoms with Gasteiger partial charge in [0.2, 0.25) is 5.88 Å². The van der Waals surface area contributed by atoms with Crippen LogP contribution in [0.4, 0.5) is 0 Å². The summed E-state index contributed by atoms with van der Waals surface area (Å²) in [5.41, 5.74) is 1.67. The minimum atomic E-state index is -1.92. The van der Waals surface area contributed by atoms with Gasteiger partial charge in [0.05, 0.1) is 13.2 Å². The summed E-state index contributed by atoms with van der Waals surface area (Å²) in [4.78, 5) is 9.45. The number of nitrogens with zero attached hydrogens (tertiary/aromatic N) is 3. The molecule has 0 aliphatic rings. The van der Waals surface area contributed by atoms with Gasteiger partial charge in [0.25, 0.3) is 0 Å². The van der Waals surface area contributed by atoms with Gasteiger partial charge in [0, 0.05) is 28.9 Å². The van der Waals surface area contributed by atoms with Gasteiger partial charge < -0.3 is 9.47 Å². The molecular weight excluding hydrogens is 360 g/mol.